The first-order valence-corrected chi connectivity index (χ1v) is 9.87. The third kappa shape index (κ3) is 4.07. The van der Waals surface area contributed by atoms with Crippen LogP contribution in [0.5, 0.6) is 0 Å². The molecule has 1 amide bonds. The van der Waals surface area contributed by atoms with Gasteiger partial charge in [0.15, 0.2) is 0 Å². The fraction of sp³-hybridized carbons (Fsp3) is 0.350. The van der Waals surface area contributed by atoms with E-state index in [-0.39, 0.29) is 24.6 Å². The minimum Gasteiger partial charge on any atom is -0.385 e. The number of aromatic nitrogens is 2. The highest BCUT2D eigenvalue weighted by atomic mass is 32.1. The molecule has 0 aliphatic rings. The molecule has 0 atom stereocenters. The number of hydrogen-bond donors (Lipinski definition) is 1. The number of fused-ring (bicyclic) bond motifs is 1. The van der Waals surface area contributed by atoms with Gasteiger partial charge in [0.1, 0.15) is 11.2 Å². The Morgan fingerprint density at radius 3 is 2.71 bits per heavy atom. The standard InChI is InChI=1S/C20H23N3O4S/c1-13-5-6-14(2)15(11-13)21-17(24)12-23-16-7-10-28-18(16)19(25)22(20(23)26)8-4-9-27-3/h5-7,10-11H,4,8-9,12H2,1-3H3,(H,21,24). The number of aryl methyl sites for hydroxylation is 2. The van der Waals surface area contributed by atoms with Crippen molar-refractivity contribution < 1.29 is 9.53 Å². The van der Waals surface area contributed by atoms with Crippen LogP contribution in [0.2, 0.25) is 0 Å². The number of thiophene rings is 1. The van der Waals surface area contributed by atoms with Crippen LogP contribution in [-0.4, -0.2) is 28.8 Å². The van der Waals surface area contributed by atoms with E-state index in [1.807, 2.05) is 32.0 Å². The van der Waals surface area contributed by atoms with Gasteiger partial charge >= 0.3 is 5.69 Å². The van der Waals surface area contributed by atoms with Gasteiger partial charge in [0, 0.05) is 25.9 Å². The summed E-state index contributed by atoms with van der Waals surface area (Å²) in [5, 5.41) is 4.62. The number of rotatable bonds is 7. The minimum absolute atomic E-state index is 0.163. The van der Waals surface area contributed by atoms with E-state index in [0.29, 0.717) is 28.9 Å². The summed E-state index contributed by atoms with van der Waals surface area (Å²) in [5.41, 5.74) is 2.37. The molecule has 0 aliphatic heterocycles. The molecular formula is C20H23N3O4S. The summed E-state index contributed by atoms with van der Waals surface area (Å²) < 4.78 is 8.03. The molecule has 2 aromatic heterocycles. The van der Waals surface area contributed by atoms with E-state index in [9.17, 15) is 14.4 Å². The molecule has 0 aliphatic carbocycles. The highest BCUT2D eigenvalue weighted by Gasteiger charge is 2.16. The molecule has 0 spiro atoms. The van der Waals surface area contributed by atoms with Crippen molar-refractivity contribution in [2.24, 2.45) is 0 Å². The molecule has 28 heavy (non-hydrogen) atoms. The van der Waals surface area contributed by atoms with Gasteiger partial charge < -0.3 is 10.1 Å². The van der Waals surface area contributed by atoms with Gasteiger partial charge in [-0.1, -0.05) is 12.1 Å². The monoisotopic (exact) mass is 401 g/mol. The number of amides is 1. The van der Waals surface area contributed by atoms with Crippen LogP contribution in [0.15, 0.2) is 39.2 Å². The van der Waals surface area contributed by atoms with Gasteiger partial charge in [-0.15, -0.1) is 11.3 Å². The summed E-state index contributed by atoms with van der Waals surface area (Å²) in [6.07, 6.45) is 0.539. The number of carbonyl (C=O) groups excluding carboxylic acids is 1. The highest BCUT2D eigenvalue weighted by molar-refractivity contribution is 7.17. The Bertz CT molecular complexity index is 1130. The zero-order valence-electron chi connectivity index (χ0n) is 16.2. The lowest BCUT2D eigenvalue weighted by molar-refractivity contribution is -0.116. The number of benzene rings is 1. The molecule has 1 aromatic carbocycles. The van der Waals surface area contributed by atoms with Crippen molar-refractivity contribution in [1.29, 1.82) is 0 Å². The molecule has 1 N–H and O–H groups in total. The summed E-state index contributed by atoms with van der Waals surface area (Å²) in [7, 11) is 1.57. The largest absolute Gasteiger partial charge is 0.385 e. The van der Waals surface area contributed by atoms with E-state index < -0.39 is 5.69 Å². The van der Waals surface area contributed by atoms with E-state index in [0.717, 1.165) is 11.1 Å². The fourth-order valence-corrected chi connectivity index (χ4v) is 3.90. The fourth-order valence-electron chi connectivity index (χ4n) is 3.05. The Labute approximate surface area is 166 Å². The zero-order chi connectivity index (χ0) is 20.3. The van der Waals surface area contributed by atoms with Crippen LogP contribution < -0.4 is 16.6 Å². The maximum atomic E-state index is 12.9. The topological polar surface area (TPSA) is 82.3 Å². The summed E-state index contributed by atoms with van der Waals surface area (Å²) in [6, 6.07) is 7.50. The van der Waals surface area contributed by atoms with Crippen molar-refractivity contribution in [2.45, 2.75) is 33.4 Å². The third-order valence-corrected chi connectivity index (χ3v) is 5.43. The van der Waals surface area contributed by atoms with Crippen LogP contribution in [0.25, 0.3) is 10.2 Å². The van der Waals surface area contributed by atoms with Crippen LogP contribution in [0.4, 0.5) is 5.69 Å². The van der Waals surface area contributed by atoms with Gasteiger partial charge in [-0.3, -0.25) is 18.7 Å². The highest BCUT2D eigenvalue weighted by Crippen LogP contribution is 2.18. The van der Waals surface area contributed by atoms with Gasteiger partial charge in [-0.25, -0.2) is 4.79 Å². The Hall–Kier alpha value is -2.71. The van der Waals surface area contributed by atoms with Crippen molar-refractivity contribution >= 4 is 33.1 Å². The Morgan fingerprint density at radius 2 is 1.96 bits per heavy atom. The van der Waals surface area contributed by atoms with Crippen LogP contribution in [-0.2, 0) is 22.6 Å². The number of carbonyl (C=O) groups is 1. The normalized spacial score (nSPS) is 11.1. The first-order valence-electron chi connectivity index (χ1n) is 8.99. The lowest BCUT2D eigenvalue weighted by atomic mass is 10.1. The van der Waals surface area contributed by atoms with E-state index in [1.54, 1.807) is 18.6 Å². The molecule has 3 aromatic rings. The van der Waals surface area contributed by atoms with Gasteiger partial charge in [0.25, 0.3) is 5.56 Å². The number of nitrogens with zero attached hydrogens (tertiary/aromatic N) is 2. The number of ether oxygens (including phenoxy) is 1. The lowest BCUT2D eigenvalue weighted by Crippen LogP contribution is -2.41. The first kappa shape index (κ1) is 20.0. The average molecular weight is 401 g/mol. The Kier molecular flexibility index (Phi) is 6.11. The molecule has 3 rings (SSSR count). The first-order chi connectivity index (χ1) is 13.4. The molecule has 2 heterocycles. The quantitative estimate of drug-likeness (QED) is 0.617. The molecule has 148 valence electrons. The summed E-state index contributed by atoms with van der Waals surface area (Å²) in [4.78, 5) is 38.2. The molecule has 0 saturated heterocycles. The molecular weight excluding hydrogens is 378 g/mol. The van der Waals surface area contributed by atoms with Gasteiger partial charge in [-0.2, -0.15) is 0 Å². The molecule has 0 fully saturated rings. The summed E-state index contributed by atoms with van der Waals surface area (Å²) >= 11 is 1.27. The molecule has 7 nitrogen and oxygen atoms in total. The van der Waals surface area contributed by atoms with Crippen molar-refractivity contribution in [3.05, 3.63) is 61.6 Å². The summed E-state index contributed by atoms with van der Waals surface area (Å²) in [6.45, 7) is 4.39. The van der Waals surface area contributed by atoms with E-state index in [2.05, 4.69) is 5.32 Å². The predicted octanol–water partition coefficient (Wildman–Crippen LogP) is 2.52. The number of methoxy groups -OCH3 is 1. The lowest BCUT2D eigenvalue weighted by Gasteiger charge is -2.13. The van der Waals surface area contributed by atoms with Crippen molar-refractivity contribution in [3.63, 3.8) is 0 Å². The van der Waals surface area contributed by atoms with Gasteiger partial charge in [0.2, 0.25) is 5.91 Å². The number of hydrogen-bond acceptors (Lipinski definition) is 5. The van der Waals surface area contributed by atoms with E-state index in [4.69, 9.17) is 4.74 Å². The third-order valence-electron chi connectivity index (χ3n) is 4.54. The maximum Gasteiger partial charge on any atom is 0.332 e. The molecule has 0 radical (unpaired) electrons. The average Bonchev–Trinajstić information content (AvgIpc) is 3.14. The predicted molar refractivity (Wildman–Crippen MR) is 111 cm³/mol. The van der Waals surface area contributed by atoms with Gasteiger partial charge in [0.05, 0.1) is 5.52 Å². The smallest absolute Gasteiger partial charge is 0.332 e. The maximum absolute atomic E-state index is 12.9. The SMILES string of the molecule is COCCCn1c(=O)c2sccc2n(CC(=O)Nc2cc(C)ccc2C)c1=O. The second-order valence-corrected chi connectivity index (χ2v) is 7.59. The molecule has 0 saturated carbocycles. The summed E-state index contributed by atoms with van der Waals surface area (Å²) in [5.74, 6) is -0.314. The van der Waals surface area contributed by atoms with Gasteiger partial charge in [-0.05, 0) is 48.9 Å². The molecule has 8 heteroatoms. The number of nitrogens with one attached hydrogen (secondary N) is 1. The van der Waals surface area contributed by atoms with Crippen LogP contribution in [0, 0.1) is 13.8 Å². The molecule has 0 bridgehead atoms. The van der Waals surface area contributed by atoms with Crippen LogP contribution in [0.3, 0.4) is 0 Å². The second kappa shape index (κ2) is 8.53. The zero-order valence-corrected chi connectivity index (χ0v) is 17.0. The second-order valence-electron chi connectivity index (χ2n) is 6.67. The van der Waals surface area contributed by atoms with E-state index >= 15 is 0 Å². The number of anilines is 1. The Morgan fingerprint density at radius 1 is 1.18 bits per heavy atom. The Balaban J connectivity index is 1.94. The molecule has 0 unspecified atom stereocenters. The van der Waals surface area contributed by atoms with E-state index in [1.165, 1.54) is 20.5 Å². The van der Waals surface area contributed by atoms with Crippen LogP contribution >= 0.6 is 11.3 Å². The van der Waals surface area contributed by atoms with Crippen molar-refractivity contribution in [3.8, 4) is 0 Å². The van der Waals surface area contributed by atoms with Crippen molar-refractivity contribution in [1.82, 2.24) is 9.13 Å². The minimum atomic E-state index is -0.483. The van der Waals surface area contributed by atoms with Crippen molar-refractivity contribution in [2.75, 3.05) is 19.0 Å². The van der Waals surface area contributed by atoms with Crippen LogP contribution in [0.1, 0.15) is 17.5 Å².